The number of urea groups is 1. The third kappa shape index (κ3) is 6.08. The van der Waals surface area contributed by atoms with E-state index in [1.807, 2.05) is 50.2 Å². The SMILES string of the molecule is CC[C@@H](C)NC(=O)NC(=O)COC(=O)COc1ccc2ccccc2c1. The van der Waals surface area contributed by atoms with Crippen LogP contribution >= 0.6 is 0 Å². The average molecular weight is 358 g/mol. The molecule has 2 aromatic carbocycles. The van der Waals surface area contributed by atoms with E-state index in [1.54, 1.807) is 6.07 Å². The monoisotopic (exact) mass is 358 g/mol. The van der Waals surface area contributed by atoms with Crippen LogP contribution < -0.4 is 15.4 Å². The molecule has 0 aromatic heterocycles. The van der Waals surface area contributed by atoms with Gasteiger partial charge in [0.2, 0.25) is 0 Å². The molecule has 0 radical (unpaired) electrons. The minimum atomic E-state index is -0.704. The normalized spacial score (nSPS) is 11.5. The number of hydrogen-bond acceptors (Lipinski definition) is 5. The fraction of sp³-hybridized carbons (Fsp3) is 0.316. The molecule has 7 heteroatoms. The van der Waals surface area contributed by atoms with Crippen molar-refractivity contribution in [3.05, 3.63) is 42.5 Å². The van der Waals surface area contributed by atoms with Gasteiger partial charge in [-0.25, -0.2) is 9.59 Å². The van der Waals surface area contributed by atoms with Crippen molar-refractivity contribution >= 4 is 28.7 Å². The molecule has 7 nitrogen and oxygen atoms in total. The predicted molar refractivity (Wildman–Crippen MR) is 96.8 cm³/mol. The van der Waals surface area contributed by atoms with Crippen LogP contribution in [0.2, 0.25) is 0 Å². The molecule has 138 valence electrons. The number of amides is 3. The molecule has 1 atom stereocenters. The highest BCUT2D eigenvalue weighted by atomic mass is 16.6. The fourth-order valence-corrected chi connectivity index (χ4v) is 2.11. The number of carbonyl (C=O) groups excluding carboxylic acids is 3. The summed E-state index contributed by atoms with van der Waals surface area (Å²) in [4.78, 5) is 34.7. The first-order valence-corrected chi connectivity index (χ1v) is 8.35. The lowest BCUT2D eigenvalue weighted by atomic mass is 10.1. The van der Waals surface area contributed by atoms with E-state index >= 15 is 0 Å². The zero-order valence-corrected chi connectivity index (χ0v) is 14.8. The number of ether oxygens (including phenoxy) is 2. The summed E-state index contributed by atoms with van der Waals surface area (Å²) >= 11 is 0. The maximum absolute atomic E-state index is 11.7. The molecule has 26 heavy (non-hydrogen) atoms. The van der Waals surface area contributed by atoms with Crippen LogP contribution in [0.1, 0.15) is 20.3 Å². The number of nitrogens with one attached hydrogen (secondary N) is 2. The predicted octanol–water partition coefficient (Wildman–Crippen LogP) is 2.39. The van der Waals surface area contributed by atoms with Gasteiger partial charge in [0.1, 0.15) is 5.75 Å². The topological polar surface area (TPSA) is 93.7 Å². The van der Waals surface area contributed by atoms with Gasteiger partial charge in [0.25, 0.3) is 5.91 Å². The van der Waals surface area contributed by atoms with Crippen LogP contribution in [0, 0.1) is 0 Å². The zero-order chi connectivity index (χ0) is 18.9. The lowest BCUT2D eigenvalue weighted by molar-refractivity contribution is -0.150. The summed E-state index contributed by atoms with van der Waals surface area (Å²) < 4.78 is 10.2. The molecule has 0 aliphatic carbocycles. The highest BCUT2D eigenvalue weighted by Gasteiger charge is 2.12. The van der Waals surface area contributed by atoms with Crippen molar-refractivity contribution in [2.45, 2.75) is 26.3 Å². The van der Waals surface area contributed by atoms with Gasteiger partial charge < -0.3 is 14.8 Å². The Balaban J connectivity index is 1.72. The molecule has 0 bridgehead atoms. The molecule has 2 N–H and O–H groups in total. The van der Waals surface area contributed by atoms with Crippen molar-refractivity contribution in [1.82, 2.24) is 10.6 Å². The number of fused-ring (bicyclic) bond motifs is 1. The lowest BCUT2D eigenvalue weighted by Gasteiger charge is -2.12. The van der Waals surface area contributed by atoms with Gasteiger partial charge in [-0.05, 0) is 36.2 Å². The first-order valence-electron chi connectivity index (χ1n) is 8.35. The number of esters is 1. The van der Waals surface area contributed by atoms with Crippen molar-refractivity contribution < 1.29 is 23.9 Å². The van der Waals surface area contributed by atoms with Crippen molar-refractivity contribution in [2.75, 3.05) is 13.2 Å². The smallest absolute Gasteiger partial charge is 0.344 e. The maximum Gasteiger partial charge on any atom is 0.344 e. The Kier molecular flexibility index (Phi) is 6.96. The van der Waals surface area contributed by atoms with Crippen molar-refractivity contribution in [3.8, 4) is 5.75 Å². The summed E-state index contributed by atoms with van der Waals surface area (Å²) in [5.74, 6) is -0.876. The van der Waals surface area contributed by atoms with E-state index in [0.717, 1.165) is 17.2 Å². The number of imide groups is 1. The summed E-state index contributed by atoms with van der Waals surface area (Å²) in [6.45, 7) is 2.84. The Labute approximate surface area is 151 Å². The average Bonchev–Trinajstić information content (AvgIpc) is 2.64. The van der Waals surface area contributed by atoms with Gasteiger partial charge in [0.15, 0.2) is 13.2 Å². The lowest BCUT2D eigenvalue weighted by Crippen LogP contribution is -2.44. The number of rotatable bonds is 7. The van der Waals surface area contributed by atoms with Crippen LogP contribution in [0.4, 0.5) is 4.79 Å². The first kappa shape index (κ1) is 19.2. The molecular formula is C19H22N2O5. The van der Waals surface area contributed by atoms with Crippen LogP contribution in [0.15, 0.2) is 42.5 Å². The van der Waals surface area contributed by atoms with E-state index in [1.165, 1.54) is 0 Å². The van der Waals surface area contributed by atoms with E-state index < -0.39 is 24.5 Å². The van der Waals surface area contributed by atoms with Crippen LogP contribution in [0.5, 0.6) is 5.75 Å². The molecule has 2 aromatic rings. The molecule has 0 spiro atoms. The standard InChI is InChI=1S/C19H22N2O5/c1-3-13(2)20-19(24)21-17(22)11-26-18(23)12-25-16-9-8-14-6-4-5-7-15(14)10-16/h4-10,13H,3,11-12H2,1-2H3,(H2,20,21,22,24)/t13-/m1/s1. The molecule has 0 saturated carbocycles. The summed E-state index contributed by atoms with van der Waals surface area (Å²) in [6, 6.07) is 12.5. The summed E-state index contributed by atoms with van der Waals surface area (Å²) in [7, 11) is 0. The molecule has 0 fully saturated rings. The van der Waals surface area contributed by atoms with Gasteiger partial charge in [-0.15, -0.1) is 0 Å². The van der Waals surface area contributed by atoms with Gasteiger partial charge in [-0.1, -0.05) is 37.3 Å². The minimum Gasteiger partial charge on any atom is -0.482 e. The summed E-state index contributed by atoms with van der Waals surface area (Å²) in [5, 5.41) is 6.72. The number of carbonyl (C=O) groups is 3. The Morgan fingerprint density at radius 2 is 1.77 bits per heavy atom. The number of benzene rings is 2. The second kappa shape index (κ2) is 9.41. The molecule has 0 aliphatic heterocycles. The van der Waals surface area contributed by atoms with Crippen molar-refractivity contribution in [1.29, 1.82) is 0 Å². The van der Waals surface area contributed by atoms with Gasteiger partial charge >= 0.3 is 12.0 Å². The van der Waals surface area contributed by atoms with E-state index in [4.69, 9.17) is 9.47 Å². The first-order chi connectivity index (χ1) is 12.5. The molecule has 0 heterocycles. The Morgan fingerprint density at radius 3 is 2.50 bits per heavy atom. The Morgan fingerprint density at radius 1 is 1.04 bits per heavy atom. The third-order valence-corrected chi connectivity index (χ3v) is 3.68. The molecule has 0 aliphatic rings. The second-order valence-corrected chi connectivity index (χ2v) is 5.79. The summed E-state index contributed by atoms with van der Waals surface area (Å²) in [5.41, 5.74) is 0. The van der Waals surface area contributed by atoms with Crippen LogP contribution in [-0.4, -0.2) is 37.2 Å². The van der Waals surface area contributed by atoms with Crippen molar-refractivity contribution in [3.63, 3.8) is 0 Å². The van der Waals surface area contributed by atoms with Gasteiger partial charge in [0.05, 0.1) is 0 Å². The van der Waals surface area contributed by atoms with Crippen molar-refractivity contribution in [2.24, 2.45) is 0 Å². The quantitative estimate of drug-likeness (QED) is 0.741. The Bertz CT molecular complexity index is 790. The van der Waals surface area contributed by atoms with E-state index in [-0.39, 0.29) is 12.6 Å². The van der Waals surface area contributed by atoms with Gasteiger partial charge in [0, 0.05) is 6.04 Å². The van der Waals surface area contributed by atoms with Gasteiger partial charge in [-0.2, -0.15) is 0 Å². The van der Waals surface area contributed by atoms with Crippen LogP contribution in [0.25, 0.3) is 10.8 Å². The van der Waals surface area contributed by atoms with Crippen LogP contribution in [0.3, 0.4) is 0 Å². The van der Waals surface area contributed by atoms with Crippen LogP contribution in [-0.2, 0) is 14.3 Å². The summed E-state index contributed by atoms with van der Waals surface area (Å²) in [6.07, 6.45) is 0.739. The van der Waals surface area contributed by atoms with E-state index in [9.17, 15) is 14.4 Å². The molecular weight excluding hydrogens is 336 g/mol. The molecule has 0 unspecified atom stereocenters. The van der Waals surface area contributed by atoms with E-state index in [2.05, 4.69) is 10.6 Å². The maximum atomic E-state index is 11.7. The fourth-order valence-electron chi connectivity index (χ4n) is 2.11. The van der Waals surface area contributed by atoms with Gasteiger partial charge in [-0.3, -0.25) is 10.1 Å². The minimum absolute atomic E-state index is 0.0549. The molecule has 0 saturated heterocycles. The number of hydrogen-bond donors (Lipinski definition) is 2. The zero-order valence-electron chi connectivity index (χ0n) is 14.8. The second-order valence-electron chi connectivity index (χ2n) is 5.79. The third-order valence-electron chi connectivity index (χ3n) is 3.68. The largest absolute Gasteiger partial charge is 0.482 e. The molecule has 3 amide bonds. The van der Waals surface area contributed by atoms with E-state index in [0.29, 0.717) is 5.75 Å². The molecule has 2 rings (SSSR count). The Hall–Kier alpha value is -3.09. The highest BCUT2D eigenvalue weighted by Crippen LogP contribution is 2.20. The highest BCUT2D eigenvalue weighted by molar-refractivity contribution is 5.95.